The Labute approximate surface area is 146 Å². The van der Waals surface area contributed by atoms with E-state index in [4.69, 9.17) is 4.74 Å². The van der Waals surface area contributed by atoms with Crippen molar-refractivity contribution in [3.8, 4) is 0 Å². The molecule has 1 heterocycles. The van der Waals surface area contributed by atoms with Gasteiger partial charge >= 0.3 is 12.0 Å². The number of amides is 3. The van der Waals surface area contributed by atoms with E-state index >= 15 is 0 Å². The molecule has 2 rings (SSSR count). The Kier molecular flexibility index (Phi) is 4.97. The number of nitrogens with zero attached hydrogens (tertiary/aromatic N) is 1. The molecule has 0 radical (unpaired) electrons. The van der Waals surface area contributed by atoms with Crippen LogP contribution in [0, 0.1) is 5.41 Å². The van der Waals surface area contributed by atoms with Crippen molar-refractivity contribution in [3.63, 3.8) is 0 Å². The van der Waals surface area contributed by atoms with Crippen LogP contribution in [0.2, 0.25) is 0 Å². The first-order valence-corrected chi connectivity index (χ1v) is 7.94. The van der Waals surface area contributed by atoms with Crippen molar-refractivity contribution < 1.29 is 23.9 Å². The number of hydrogen-bond donors (Lipinski definition) is 1. The third-order valence-electron chi connectivity index (χ3n) is 4.11. The molecule has 0 bridgehead atoms. The van der Waals surface area contributed by atoms with Gasteiger partial charge in [-0.3, -0.25) is 19.3 Å². The highest BCUT2D eigenvalue weighted by atomic mass is 16.5. The fourth-order valence-corrected chi connectivity index (χ4v) is 2.34. The lowest BCUT2D eigenvalue weighted by atomic mass is 9.91. The average Bonchev–Trinajstić information content (AvgIpc) is 2.77. The molecule has 7 nitrogen and oxygen atoms in total. The van der Waals surface area contributed by atoms with Crippen LogP contribution in [0.15, 0.2) is 30.3 Å². The molecule has 1 fully saturated rings. The van der Waals surface area contributed by atoms with Crippen LogP contribution in [-0.2, 0) is 24.7 Å². The number of ether oxygens (including phenoxy) is 1. The van der Waals surface area contributed by atoms with Gasteiger partial charge in [-0.25, -0.2) is 4.79 Å². The number of urea groups is 1. The maximum absolute atomic E-state index is 12.6. The molecular formula is C18H22N2O5. The molecule has 7 heteroatoms. The average molecular weight is 346 g/mol. The predicted molar refractivity (Wildman–Crippen MR) is 89.5 cm³/mol. The Morgan fingerprint density at radius 3 is 2.32 bits per heavy atom. The third kappa shape index (κ3) is 3.87. The molecule has 3 amide bonds. The predicted octanol–water partition coefficient (Wildman–Crippen LogP) is 1.61. The van der Waals surface area contributed by atoms with Crippen molar-refractivity contribution in [3.05, 3.63) is 35.9 Å². The Bertz CT molecular complexity index is 708. The fraction of sp³-hybridized carbons (Fsp3) is 0.444. The minimum atomic E-state index is -1.24. The number of benzene rings is 1. The quantitative estimate of drug-likeness (QED) is 0.646. The highest BCUT2D eigenvalue weighted by molar-refractivity contribution is 6.08. The second kappa shape index (κ2) is 6.66. The number of Topliss-reactive ketones (excluding diaryl/α,β-unsaturated/α-hetero) is 1. The Hall–Kier alpha value is -2.70. The van der Waals surface area contributed by atoms with Crippen molar-refractivity contribution in [2.24, 2.45) is 5.41 Å². The molecule has 25 heavy (non-hydrogen) atoms. The van der Waals surface area contributed by atoms with Crippen LogP contribution in [0.1, 0.15) is 33.3 Å². The number of carbonyl (C=O) groups is 4. The number of imide groups is 1. The van der Waals surface area contributed by atoms with Gasteiger partial charge in [0.25, 0.3) is 5.91 Å². The van der Waals surface area contributed by atoms with Crippen LogP contribution in [0.5, 0.6) is 0 Å². The maximum atomic E-state index is 12.6. The van der Waals surface area contributed by atoms with Gasteiger partial charge in [0.05, 0.1) is 0 Å². The van der Waals surface area contributed by atoms with E-state index in [9.17, 15) is 19.2 Å². The SMILES string of the molecule is CC(C)(C)C(=O)COC(=O)CN1C(=O)N[C@](C)(c2ccccc2)C1=O. The fourth-order valence-electron chi connectivity index (χ4n) is 2.34. The number of esters is 1. The normalized spacial score (nSPS) is 20.4. The number of hydrogen-bond acceptors (Lipinski definition) is 5. The van der Waals surface area contributed by atoms with E-state index in [1.165, 1.54) is 0 Å². The minimum absolute atomic E-state index is 0.243. The van der Waals surface area contributed by atoms with Crippen LogP contribution >= 0.6 is 0 Å². The molecule has 0 aromatic heterocycles. The number of rotatable bonds is 5. The Morgan fingerprint density at radius 2 is 1.76 bits per heavy atom. The molecule has 0 unspecified atom stereocenters. The Balaban J connectivity index is 2.04. The summed E-state index contributed by atoms with van der Waals surface area (Å²) in [5, 5.41) is 2.60. The summed E-state index contributed by atoms with van der Waals surface area (Å²) < 4.78 is 4.90. The van der Waals surface area contributed by atoms with Crippen LogP contribution in [-0.4, -0.2) is 41.7 Å². The lowest BCUT2D eigenvalue weighted by Crippen LogP contribution is -2.41. The summed E-state index contributed by atoms with van der Waals surface area (Å²) in [6.07, 6.45) is 0. The lowest BCUT2D eigenvalue weighted by molar-refractivity contribution is -0.152. The molecular weight excluding hydrogens is 324 g/mol. The Morgan fingerprint density at radius 1 is 1.16 bits per heavy atom. The number of nitrogens with one attached hydrogen (secondary N) is 1. The highest BCUT2D eigenvalue weighted by Crippen LogP contribution is 2.28. The van der Waals surface area contributed by atoms with Crippen molar-refractivity contribution in [2.45, 2.75) is 33.2 Å². The van der Waals surface area contributed by atoms with E-state index < -0.39 is 35.4 Å². The summed E-state index contributed by atoms with van der Waals surface area (Å²) in [7, 11) is 0. The minimum Gasteiger partial charge on any atom is -0.456 e. The number of carbonyl (C=O) groups excluding carboxylic acids is 4. The van der Waals surface area contributed by atoms with E-state index in [2.05, 4.69) is 5.32 Å². The summed E-state index contributed by atoms with van der Waals surface area (Å²) in [6.45, 7) is 5.80. The molecule has 0 aliphatic carbocycles. The zero-order valence-electron chi connectivity index (χ0n) is 14.8. The van der Waals surface area contributed by atoms with Gasteiger partial charge in [-0.05, 0) is 12.5 Å². The molecule has 1 aromatic rings. The van der Waals surface area contributed by atoms with E-state index in [0.29, 0.717) is 5.56 Å². The zero-order chi connectivity index (χ0) is 18.8. The van der Waals surface area contributed by atoms with E-state index in [-0.39, 0.29) is 12.4 Å². The summed E-state index contributed by atoms with van der Waals surface area (Å²) in [5.74, 6) is -1.59. The van der Waals surface area contributed by atoms with Crippen LogP contribution in [0.25, 0.3) is 0 Å². The van der Waals surface area contributed by atoms with E-state index in [0.717, 1.165) is 4.90 Å². The van der Waals surface area contributed by atoms with Gasteiger partial charge in [0, 0.05) is 5.41 Å². The molecule has 1 atom stereocenters. The van der Waals surface area contributed by atoms with Gasteiger partial charge in [0.1, 0.15) is 12.1 Å². The topological polar surface area (TPSA) is 92.8 Å². The molecule has 1 saturated heterocycles. The number of ketones is 1. The molecule has 0 saturated carbocycles. The smallest absolute Gasteiger partial charge is 0.326 e. The van der Waals surface area contributed by atoms with Gasteiger partial charge in [-0.15, -0.1) is 0 Å². The lowest BCUT2D eigenvalue weighted by Gasteiger charge is -2.22. The monoisotopic (exact) mass is 346 g/mol. The third-order valence-corrected chi connectivity index (χ3v) is 4.11. The first-order valence-electron chi connectivity index (χ1n) is 7.94. The molecule has 134 valence electrons. The standard InChI is InChI=1S/C18H22N2O5/c1-17(2,3)13(21)11-25-14(22)10-20-15(23)18(4,19-16(20)24)12-8-6-5-7-9-12/h5-9H,10-11H2,1-4H3,(H,19,24)/t18-/m1/s1. The molecule has 1 aliphatic heterocycles. The first-order chi connectivity index (χ1) is 11.6. The summed E-state index contributed by atoms with van der Waals surface area (Å²) in [5.41, 5.74) is -1.25. The van der Waals surface area contributed by atoms with Crippen molar-refractivity contribution in [1.82, 2.24) is 10.2 Å². The van der Waals surface area contributed by atoms with Gasteiger partial charge in [0.2, 0.25) is 0 Å². The van der Waals surface area contributed by atoms with Crippen LogP contribution in [0.4, 0.5) is 4.79 Å². The first kappa shape index (κ1) is 18.6. The van der Waals surface area contributed by atoms with Crippen molar-refractivity contribution in [1.29, 1.82) is 0 Å². The highest BCUT2D eigenvalue weighted by Gasteiger charge is 2.49. The zero-order valence-corrected chi connectivity index (χ0v) is 14.8. The van der Waals surface area contributed by atoms with Gasteiger partial charge in [-0.1, -0.05) is 51.1 Å². The van der Waals surface area contributed by atoms with Crippen LogP contribution < -0.4 is 5.32 Å². The van der Waals surface area contributed by atoms with Crippen LogP contribution in [0.3, 0.4) is 0 Å². The van der Waals surface area contributed by atoms with Gasteiger partial charge in [-0.2, -0.15) is 0 Å². The molecule has 1 aromatic carbocycles. The molecule has 1 aliphatic rings. The van der Waals surface area contributed by atoms with E-state index in [1.807, 2.05) is 0 Å². The van der Waals surface area contributed by atoms with Gasteiger partial charge < -0.3 is 10.1 Å². The summed E-state index contributed by atoms with van der Waals surface area (Å²) in [4.78, 5) is 49.3. The van der Waals surface area contributed by atoms with Crippen molar-refractivity contribution in [2.75, 3.05) is 13.2 Å². The summed E-state index contributed by atoms with van der Waals surface area (Å²) >= 11 is 0. The molecule has 1 N–H and O–H groups in total. The molecule has 0 spiro atoms. The van der Waals surface area contributed by atoms with E-state index in [1.54, 1.807) is 58.0 Å². The van der Waals surface area contributed by atoms with Gasteiger partial charge in [0.15, 0.2) is 12.4 Å². The van der Waals surface area contributed by atoms with Crippen molar-refractivity contribution >= 4 is 23.7 Å². The largest absolute Gasteiger partial charge is 0.456 e. The summed E-state index contributed by atoms with van der Waals surface area (Å²) in [6, 6.07) is 8.10. The second-order valence-electron chi connectivity index (χ2n) is 7.15. The second-order valence-corrected chi connectivity index (χ2v) is 7.15. The maximum Gasteiger partial charge on any atom is 0.326 e.